The maximum absolute atomic E-state index is 11.2. The highest BCUT2D eigenvalue weighted by Gasteiger charge is 2.34. The molecule has 13 heavy (non-hydrogen) atoms. The van der Waals surface area contributed by atoms with Crippen LogP contribution in [-0.2, 0) is 10.0 Å². The highest BCUT2D eigenvalue weighted by Crippen LogP contribution is 2.41. The van der Waals surface area contributed by atoms with Crippen LogP contribution in [0, 0.1) is 11.8 Å². The summed E-state index contributed by atoms with van der Waals surface area (Å²) in [5.41, 5.74) is 0. The van der Waals surface area contributed by atoms with Gasteiger partial charge in [-0.25, -0.2) is 12.7 Å². The largest absolute Gasteiger partial charge is 0.213 e. The van der Waals surface area contributed by atoms with E-state index >= 15 is 0 Å². The molecule has 0 amide bonds. The Balaban J connectivity index is 1.88. The number of rotatable bonds is 2. The molecule has 0 aromatic carbocycles. The second-order valence-corrected chi connectivity index (χ2v) is 6.32. The van der Waals surface area contributed by atoms with Gasteiger partial charge in [0.15, 0.2) is 0 Å². The summed E-state index contributed by atoms with van der Waals surface area (Å²) in [6, 6.07) is 0. The number of hydrogen-bond donors (Lipinski definition) is 0. The van der Waals surface area contributed by atoms with Crippen LogP contribution in [0.25, 0.3) is 0 Å². The summed E-state index contributed by atoms with van der Waals surface area (Å²) in [6.45, 7) is 1.50. The van der Waals surface area contributed by atoms with E-state index in [1.54, 1.807) is 4.31 Å². The van der Waals surface area contributed by atoms with Gasteiger partial charge in [0, 0.05) is 13.1 Å². The van der Waals surface area contributed by atoms with Crippen molar-refractivity contribution in [2.24, 2.45) is 11.8 Å². The van der Waals surface area contributed by atoms with Crippen LogP contribution in [0.5, 0.6) is 0 Å². The van der Waals surface area contributed by atoms with Gasteiger partial charge in [0.1, 0.15) is 0 Å². The second-order valence-electron chi connectivity index (χ2n) is 4.34. The minimum atomic E-state index is -2.92. The molecule has 1 aliphatic heterocycles. The molecule has 0 radical (unpaired) electrons. The molecule has 3 nitrogen and oxygen atoms in total. The maximum Gasteiger partial charge on any atom is 0.211 e. The van der Waals surface area contributed by atoms with Crippen molar-refractivity contribution < 1.29 is 8.42 Å². The molecule has 0 aromatic heterocycles. The smallest absolute Gasteiger partial charge is 0.211 e. The van der Waals surface area contributed by atoms with Crippen molar-refractivity contribution >= 4 is 10.0 Å². The summed E-state index contributed by atoms with van der Waals surface area (Å²) in [5.74, 6) is 1.75. The van der Waals surface area contributed by atoms with Gasteiger partial charge in [0.2, 0.25) is 10.0 Å². The van der Waals surface area contributed by atoms with E-state index in [0.29, 0.717) is 0 Å². The molecule has 76 valence electrons. The van der Waals surface area contributed by atoms with E-state index in [4.69, 9.17) is 0 Å². The van der Waals surface area contributed by atoms with Crippen LogP contribution < -0.4 is 0 Å². The van der Waals surface area contributed by atoms with Crippen LogP contribution in [0.15, 0.2) is 0 Å². The van der Waals surface area contributed by atoms with Crippen LogP contribution in [-0.4, -0.2) is 32.1 Å². The fourth-order valence-electron chi connectivity index (χ4n) is 2.25. The SMILES string of the molecule is CS(=O)(=O)N1CCC(C2CC2)CC1. The van der Waals surface area contributed by atoms with Crippen LogP contribution >= 0.6 is 0 Å². The summed E-state index contributed by atoms with van der Waals surface area (Å²) in [6.07, 6.45) is 6.23. The van der Waals surface area contributed by atoms with E-state index in [1.807, 2.05) is 0 Å². The van der Waals surface area contributed by atoms with E-state index in [9.17, 15) is 8.42 Å². The number of hydrogen-bond acceptors (Lipinski definition) is 2. The average molecular weight is 203 g/mol. The first-order valence-electron chi connectivity index (χ1n) is 5.02. The number of nitrogens with zero attached hydrogens (tertiary/aromatic N) is 1. The minimum Gasteiger partial charge on any atom is -0.213 e. The molecule has 0 spiro atoms. The lowest BCUT2D eigenvalue weighted by Crippen LogP contribution is -2.38. The van der Waals surface area contributed by atoms with E-state index in [0.717, 1.165) is 37.8 Å². The Morgan fingerprint density at radius 3 is 1.85 bits per heavy atom. The fraction of sp³-hybridized carbons (Fsp3) is 1.00. The Kier molecular flexibility index (Phi) is 2.36. The van der Waals surface area contributed by atoms with Crippen LogP contribution in [0.1, 0.15) is 25.7 Å². The van der Waals surface area contributed by atoms with Crippen molar-refractivity contribution in [2.75, 3.05) is 19.3 Å². The van der Waals surface area contributed by atoms with Crippen molar-refractivity contribution in [3.8, 4) is 0 Å². The molecule has 0 N–H and O–H groups in total. The summed E-state index contributed by atoms with van der Waals surface area (Å²) in [4.78, 5) is 0. The van der Waals surface area contributed by atoms with Crippen molar-refractivity contribution in [3.05, 3.63) is 0 Å². The second kappa shape index (κ2) is 3.24. The Morgan fingerprint density at radius 1 is 1.00 bits per heavy atom. The molecule has 0 atom stereocenters. The van der Waals surface area contributed by atoms with Gasteiger partial charge < -0.3 is 0 Å². The fourth-order valence-corrected chi connectivity index (χ4v) is 3.12. The molecule has 1 heterocycles. The standard InChI is InChI=1S/C9H17NO2S/c1-13(11,12)10-6-4-9(5-7-10)8-2-3-8/h8-9H,2-7H2,1H3. The third kappa shape index (κ3) is 2.23. The van der Waals surface area contributed by atoms with Gasteiger partial charge in [0.05, 0.1) is 6.26 Å². The van der Waals surface area contributed by atoms with Gasteiger partial charge in [0.25, 0.3) is 0 Å². The molecule has 2 fully saturated rings. The van der Waals surface area contributed by atoms with Gasteiger partial charge in [-0.2, -0.15) is 0 Å². The molecular formula is C9H17NO2S. The van der Waals surface area contributed by atoms with Crippen molar-refractivity contribution in [3.63, 3.8) is 0 Å². The zero-order chi connectivity index (χ0) is 9.47. The average Bonchev–Trinajstić information content (AvgIpc) is 2.85. The van der Waals surface area contributed by atoms with E-state index in [2.05, 4.69) is 0 Å². The van der Waals surface area contributed by atoms with Crippen LogP contribution in [0.4, 0.5) is 0 Å². The Bertz CT molecular complexity index is 274. The summed E-state index contributed by atoms with van der Waals surface area (Å²) in [5, 5.41) is 0. The minimum absolute atomic E-state index is 0.750. The topological polar surface area (TPSA) is 37.4 Å². The van der Waals surface area contributed by atoms with Crippen LogP contribution in [0.3, 0.4) is 0 Å². The lowest BCUT2D eigenvalue weighted by atomic mass is 9.93. The predicted octanol–water partition coefficient (Wildman–Crippen LogP) is 1.07. The first-order chi connectivity index (χ1) is 6.07. The Hall–Kier alpha value is -0.0900. The molecule has 2 rings (SSSR count). The molecule has 0 bridgehead atoms. The first-order valence-corrected chi connectivity index (χ1v) is 6.87. The molecule has 4 heteroatoms. The lowest BCUT2D eigenvalue weighted by Gasteiger charge is -2.30. The lowest BCUT2D eigenvalue weighted by molar-refractivity contribution is 0.254. The van der Waals surface area contributed by atoms with Crippen molar-refractivity contribution in [2.45, 2.75) is 25.7 Å². The van der Waals surface area contributed by atoms with Crippen molar-refractivity contribution in [1.82, 2.24) is 4.31 Å². The number of sulfonamides is 1. The zero-order valence-electron chi connectivity index (χ0n) is 8.07. The maximum atomic E-state index is 11.2. The zero-order valence-corrected chi connectivity index (χ0v) is 8.89. The summed E-state index contributed by atoms with van der Waals surface area (Å²) in [7, 11) is -2.92. The monoisotopic (exact) mass is 203 g/mol. The van der Waals surface area contributed by atoms with Gasteiger partial charge in [-0.3, -0.25) is 0 Å². The molecule has 2 aliphatic rings. The highest BCUT2D eigenvalue weighted by molar-refractivity contribution is 7.88. The van der Waals surface area contributed by atoms with E-state index in [1.165, 1.54) is 19.1 Å². The molecule has 0 aromatic rings. The van der Waals surface area contributed by atoms with E-state index in [-0.39, 0.29) is 0 Å². The Labute approximate surface area is 80.2 Å². The molecule has 0 unspecified atom stereocenters. The first kappa shape index (κ1) is 9.46. The third-order valence-corrected chi connectivity index (χ3v) is 4.56. The van der Waals surface area contributed by atoms with Gasteiger partial charge in [-0.1, -0.05) is 0 Å². The molecule has 1 saturated carbocycles. The van der Waals surface area contributed by atoms with Gasteiger partial charge in [-0.15, -0.1) is 0 Å². The summed E-state index contributed by atoms with van der Waals surface area (Å²) >= 11 is 0. The highest BCUT2D eigenvalue weighted by atomic mass is 32.2. The normalized spacial score (nSPS) is 27.8. The summed E-state index contributed by atoms with van der Waals surface area (Å²) < 4.78 is 24.0. The Morgan fingerprint density at radius 2 is 1.46 bits per heavy atom. The predicted molar refractivity (Wildman–Crippen MR) is 51.9 cm³/mol. The van der Waals surface area contributed by atoms with Crippen LogP contribution in [0.2, 0.25) is 0 Å². The van der Waals surface area contributed by atoms with Gasteiger partial charge >= 0.3 is 0 Å². The van der Waals surface area contributed by atoms with Gasteiger partial charge in [-0.05, 0) is 37.5 Å². The molecular weight excluding hydrogens is 186 g/mol. The third-order valence-electron chi connectivity index (χ3n) is 3.26. The quantitative estimate of drug-likeness (QED) is 0.673. The molecule has 1 aliphatic carbocycles. The van der Waals surface area contributed by atoms with Crippen molar-refractivity contribution in [1.29, 1.82) is 0 Å². The molecule has 1 saturated heterocycles. The number of piperidine rings is 1. The van der Waals surface area contributed by atoms with E-state index < -0.39 is 10.0 Å².